The maximum absolute atomic E-state index is 2.33. The molecule has 0 spiro atoms. The molecule has 0 heteroatoms. The highest BCUT2D eigenvalue weighted by atomic mass is 14.1. The molecule has 0 radical (unpaired) electrons. The predicted octanol–water partition coefficient (Wildman–Crippen LogP) is 3.16. The van der Waals surface area contributed by atoms with Crippen molar-refractivity contribution in [1.82, 2.24) is 0 Å². The van der Waals surface area contributed by atoms with Crippen molar-refractivity contribution in [1.29, 1.82) is 0 Å². The molecule has 1 aliphatic rings. The Labute approximate surface area is 63.6 Å². The smallest absolute Gasteiger partial charge is 0.0202 e. The number of rotatable bonds is 0. The summed E-state index contributed by atoms with van der Waals surface area (Å²) in [6, 6.07) is 0. The van der Waals surface area contributed by atoms with E-state index in [0.717, 1.165) is 11.8 Å². The van der Waals surface area contributed by atoms with Gasteiger partial charge in [0.15, 0.2) is 0 Å². The van der Waals surface area contributed by atoms with Crippen LogP contribution in [0.4, 0.5) is 0 Å². The van der Waals surface area contributed by atoms with E-state index in [1.807, 2.05) is 0 Å². The topological polar surface area (TPSA) is 0 Å². The summed E-state index contributed by atoms with van der Waals surface area (Å²) in [4.78, 5) is 0. The minimum Gasteiger partial charge on any atom is -0.0879 e. The Bertz CT molecular complexity index is 124. The van der Waals surface area contributed by atoms with Crippen molar-refractivity contribution < 1.29 is 0 Å². The Morgan fingerprint density at radius 3 is 1.70 bits per heavy atom. The van der Waals surface area contributed by atoms with E-state index in [4.69, 9.17) is 0 Å². The predicted molar refractivity (Wildman–Crippen MR) is 45.8 cm³/mol. The number of hydrogen-bond acceptors (Lipinski definition) is 0. The molecule has 2 atom stereocenters. The van der Waals surface area contributed by atoms with E-state index < -0.39 is 0 Å². The second-order valence-corrected chi connectivity index (χ2v) is 3.15. The van der Waals surface area contributed by atoms with Gasteiger partial charge in [-0.1, -0.05) is 38.2 Å². The molecule has 56 valence electrons. The summed E-state index contributed by atoms with van der Waals surface area (Å²) in [5.41, 5.74) is 0. The van der Waals surface area contributed by atoms with Gasteiger partial charge in [-0.2, -0.15) is 0 Å². The Morgan fingerprint density at radius 2 is 1.30 bits per heavy atom. The Kier molecular flexibility index (Phi) is 2.73. The largest absolute Gasteiger partial charge is 0.0879 e. The first kappa shape index (κ1) is 7.59. The SMILES string of the molecule is C[C@H]1C=CCCC=C[C@@H]1C. The first-order valence-corrected chi connectivity index (χ1v) is 4.14. The van der Waals surface area contributed by atoms with E-state index in [2.05, 4.69) is 38.2 Å². The molecule has 0 heterocycles. The molecular formula is C10H16. The molecule has 10 heavy (non-hydrogen) atoms. The molecule has 0 nitrogen and oxygen atoms in total. The van der Waals surface area contributed by atoms with Gasteiger partial charge in [0.05, 0.1) is 0 Å². The van der Waals surface area contributed by atoms with Crippen LogP contribution in [0.25, 0.3) is 0 Å². The fourth-order valence-electron chi connectivity index (χ4n) is 1.16. The molecule has 0 fully saturated rings. The highest BCUT2D eigenvalue weighted by molar-refractivity contribution is 5.00. The van der Waals surface area contributed by atoms with Crippen LogP contribution in [-0.4, -0.2) is 0 Å². The second kappa shape index (κ2) is 3.60. The molecule has 0 saturated carbocycles. The molecule has 0 aliphatic heterocycles. The third kappa shape index (κ3) is 2.02. The normalized spacial score (nSPS) is 33.4. The average Bonchev–Trinajstić information content (AvgIpc) is 1.92. The van der Waals surface area contributed by atoms with E-state index >= 15 is 0 Å². The summed E-state index contributed by atoms with van der Waals surface area (Å²) in [5.74, 6) is 1.44. The van der Waals surface area contributed by atoms with Crippen molar-refractivity contribution in [3.8, 4) is 0 Å². The van der Waals surface area contributed by atoms with E-state index in [0.29, 0.717) is 0 Å². The molecule has 0 aromatic carbocycles. The minimum atomic E-state index is 0.719. The zero-order valence-corrected chi connectivity index (χ0v) is 6.88. The van der Waals surface area contributed by atoms with Gasteiger partial charge < -0.3 is 0 Å². The van der Waals surface area contributed by atoms with Crippen LogP contribution in [0.5, 0.6) is 0 Å². The van der Waals surface area contributed by atoms with E-state index in [9.17, 15) is 0 Å². The lowest BCUT2D eigenvalue weighted by Crippen LogP contribution is -2.02. The summed E-state index contributed by atoms with van der Waals surface area (Å²) in [6.45, 7) is 4.55. The molecule has 1 aliphatic carbocycles. The van der Waals surface area contributed by atoms with Crippen LogP contribution >= 0.6 is 0 Å². The van der Waals surface area contributed by atoms with Gasteiger partial charge in [0, 0.05) is 0 Å². The number of allylic oxidation sites excluding steroid dienone is 4. The lowest BCUT2D eigenvalue weighted by atomic mass is 9.93. The maximum Gasteiger partial charge on any atom is -0.0202 e. The van der Waals surface area contributed by atoms with Crippen LogP contribution < -0.4 is 0 Å². The van der Waals surface area contributed by atoms with Crippen molar-refractivity contribution in [2.24, 2.45) is 11.8 Å². The van der Waals surface area contributed by atoms with Gasteiger partial charge in [-0.15, -0.1) is 0 Å². The van der Waals surface area contributed by atoms with Gasteiger partial charge in [0.2, 0.25) is 0 Å². The zero-order chi connectivity index (χ0) is 7.40. The van der Waals surface area contributed by atoms with Crippen molar-refractivity contribution in [3.05, 3.63) is 24.3 Å². The van der Waals surface area contributed by atoms with E-state index in [1.54, 1.807) is 0 Å². The minimum absolute atomic E-state index is 0.719. The van der Waals surface area contributed by atoms with Crippen LogP contribution in [-0.2, 0) is 0 Å². The van der Waals surface area contributed by atoms with Crippen molar-refractivity contribution >= 4 is 0 Å². The zero-order valence-electron chi connectivity index (χ0n) is 6.88. The average molecular weight is 136 g/mol. The molecule has 1 rings (SSSR count). The Hall–Kier alpha value is -0.520. The summed E-state index contributed by atoms with van der Waals surface area (Å²) in [6.07, 6.45) is 11.7. The quantitative estimate of drug-likeness (QED) is 0.449. The Morgan fingerprint density at radius 1 is 0.900 bits per heavy atom. The lowest BCUT2D eigenvalue weighted by Gasteiger charge is -2.13. The highest BCUT2D eigenvalue weighted by Gasteiger charge is 2.05. The van der Waals surface area contributed by atoms with Gasteiger partial charge in [-0.25, -0.2) is 0 Å². The van der Waals surface area contributed by atoms with Crippen molar-refractivity contribution in [3.63, 3.8) is 0 Å². The van der Waals surface area contributed by atoms with Crippen LogP contribution in [0.15, 0.2) is 24.3 Å². The van der Waals surface area contributed by atoms with Gasteiger partial charge in [0.1, 0.15) is 0 Å². The van der Waals surface area contributed by atoms with Crippen molar-refractivity contribution in [2.45, 2.75) is 26.7 Å². The van der Waals surface area contributed by atoms with E-state index in [1.165, 1.54) is 12.8 Å². The van der Waals surface area contributed by atoms with Gasteiger partial charge in [0.25, 0.3) is 0 Å². The highest BCUT2D eigenvalue weighted by Crippen LogP contribution is 2.16. The summed E-state index contributed by atoms with van der Waals surface area (Å²) in [7, 11) is 0. The maximum atomic E-state index is 2.33. The number of hydrogen-bond donors (Lipinski definition) is 0. The summed E-state index contributed by atoms with van der Waals surface area (Å²) >= 11 is 0. The summed E-state index contributed by atoms with van der Waals surface area (Å²) in [5, 5.41) is 0. The molecule has 0 N–H and O–H groups in total. The monoisotopic (exact) mass is 136 g/mol. The van der Waals surface area contributed by atoms with Gasteiger partial charge in [-0.3, -0.25) is 0 Å². The van der Waals surface area contributed by atoms with Crippen LogP contribution in [0.3, 0.4) is 0 Å². The molecule has 0 amide bonds. The molecule has 0 saturated heterocycles. The molecular weight excluding hydrogens is 120 g/mol. The van der Waals surface area contributed by atoms with Crippen LogP contribution in [0.1, 0.15) is 26.7 Å². The van der Waals surface area contributed by atoms with Crippen LogP contribution in [0, 0.1) is 11.8 Å². The Balaban J connectivity index is 2.55. The first-order valence-electron chi connectivity index (χ1n) is 4.14. The molecule has 0 unspecified atom stereocenters. The molecule has 0 bridgehead atoms. The fraction of sp³-hybridized carbons (Fsp3) is 0.600. The summed E-state index contributed by atoms with van der Waals surface area (Å²) < 4.78 is 0. The van der Waals surface area contributed by atoms with Gasteiger partial charge >= 0.3 is 0 Å². The second-order valence-electron chi connectivity index (χ2n) is 3.15. The standard InChI is InChI=1S/C10H16/c1-9-7-5-3-4-6-8-10(9)2/h5-10H,3-4H2,1-2H3/t9-,10-/m0/s1. The molecule has 0 aromatic heterocycles. The fourth-order valence-corrected chi connectivity index (χ4v) is 1.16. The van der Waals surface area contributed by atoms with Crippen molar-refractivity contribution in [2.75, 3.05) is 0 Å². The first-order chi connectivity index (χ1) is 4.80. The third-order valence-corrected chi connectivity index (χ3v) is 2.21. The van der Waals surface area contributed by atoms with E-state index in [-0.39, 0.29) is 0 Å². The lowest BCUT2D eigenvalue weighted by molar-refractivity contribution is 0.552. The van der Waals surface area contributed by atoms with Crippen LogP contribution in [0.2, 0.25) is 0 Å². The third-order valence-electron chi connectivity index (χ3n) is 2.21. The molecule has 0 aromatic rings. The van der Waals surface area contributed by atoms with Gasteiger partial charge in [-0.05, 0) is 24.7 Å².